The highest BCUT2D eigenvalue weighted by atomic mass is 32.2. The molecular formula is C14H22N2O4S. The van der Waals surface area contributed by atoms with Gasteiger partial charge in [-0.2, -0.15) is 12.7 Å². The molecule has 0 aliphatic heterocycles. The Morgan fingerprint density at radius 2 is 1.81 bits per heavy atom. The normalized spacial score (nSPS) is 11.6. The molecule has 2 N–H and O–H groups in total. The Morgan fingerprint density at radius 1 is 1.24 bits per heavy atom. The molecule has 0 bridgehead atoms. The lowest BCUT2D eigenvalue weighted by Crippen LogP contribution is -2.37. The van der Waals surface area contributed by atoms with E-state index in [1.165, 1.54) is 16.4 Å². The van der Waals surface area contributed by atoms with Gasteiger partial charge >= 0.3 is 16.2 Å². The third-order valence-corrected chi connectivity index (χ3v) is 4.61. The Kier molecular flexibility index (Phi) is 6.17. The van der Waals surface area contributed by atoms with Crippen LogP contribution in [0.15, 0.2) is 18.2 Å². The van der Waals surface area contributed by atoms with Crippen molar-refractivity contribution in [2.75, 3.05) is 17.8 Å². The van der Waals surface area contributed by atoms with Crippen molar-refractivity contribution in [2.24, 2.45) is 0 Å². The molecule has 0 atom stereocenters. The highest BCUT2D eigenvalue weighted by Gasteiger charge is 2.22. The maximum atomic E-state index is 12.4. The van der Waals surface area contributed by atoms with Crippen molar-refractivity contribution in [1.29, 1.82) is 0 Å². The van der Waals surface area contributed by atoms with Gasteiger partial charge < -0.3 is 5.11 Å². The number of carbonyl (C=O) groups is 1. The summed E-state index contributed by atoms with van der Waals surface area (Å²) in [5.74, 6) is -1.08. The number of anilines is 1. The topological polar surface area (TPSA) is 86.7 Å². The van der Waals surface area contributed by atoms with Gasteiger partial charge in [0.25, 0.3) is 0 Å². The SMILES string of the molecule is CCCN(CCC)S(=O)(=O)Nc1cccc(C(=O)O)c1C. The van der Waals surface area contributed by atoms with E-state index in [4.69, 9.17) is 5.11 Å². The first-order valence-electron chi connectivity index (χ1n) is 6.94. The predicted octanol–water partition coefficient (Wildman–Crippen LogP) is 2.47. The van der Waals surface area contributed by atoms with E-state index in [1.54, 1.807) is 13.0 Å². The van der Waals surface area contributed by atoms with Gasteiger partial charge in [0, 0.05) is 13.1 Å². The molecule has 0 unspecified atom stereocenters. The zero-order valence-electron chi connectivity index (χ0n) is 12.6. The van der Waals surface area contributed by atoms with Crippen molar-refractivity contribution in [3.05, 3.63) is 29.3 Å². The first-order valence-corrected chi connectivity index (χ1v) is 8.38. The van der Waals surface area contributed by atoms with Gasteiger partial charge in [-0.15, -0.1) is 0 Å². The van der Waals surface area contributed by atoms with Gasteiger partial charge in [-0.1, -0.05) is 19.9 Å². The summed E-state index contributed by atoms with van der Waals surface area (Å²) < 4.78 is 28.6. The van der Waals surface area contributed by atoms with Crippen LogP contribution in [0.5, 0.6) is 0 Å². The predicted molar refractivity (Wildman–Crippen MR) is 82.8 cm³/mol. The van der Waals surface area contributed by atoms with Gasteiger partial charge in [0.2, 0.25) is 0 Å². The second-order valence-electron chi connectivity index (χ2n) is 4.79. The fraction of sp³-hybridized carbons (Fsp3) is 0.500. The number of hydrogen-bond acceptors (Lipinski definition) is 3. The van der Waals surface area contributed by atoms with Crippen molar-refractivity contribution < 1.29 is 18.3 Å². The molecule has 6 nitrogen and oxygen atoms in total. The highest BCUT2D eigenvalue weighted by Crippen LogP contribution is 2.21. The molecule has 0 aromatic heterocycles. The maximum absolute atomic E-state index is 12.4. The fourth-order valence-electron chi connectivity index (χ4n) is 2.03. The number of aromatic carboxylic acids is 1. The van der Waals surface area contributed by atoms with Gasteiger partial charge in [0.15, 0.2) is 0 Å². The molecule has 1 rings (SSSR count). The number of benzene rings is 1. The number of hydrogen-bond donors (Lipinski definition) is 2. The summed E-state index contributed by atoms with van der Waals surface area (Å²) >= 11 is 0. The molecule has 0 amide bonds. The van der Waals surface area contributed by atoms with Gasteiger partial charge in [-0.25, -0.2) is 4.79 Å². The van der Waals surface area contributed by atoms with E-state index in [9.17, 15) is 13.2 Å². The van der Waals surface area contributed by atoms with Crippen LogP contribution in [0.3, 0.4) is 0 Å². The summed E-state index contributed by atoms with van der Waals surface area (Å²) in [6.07, 6.45) is 1.43. The molecule has 1 aromatic carbocycles. The Bertz CT molecular complexity index is 593. The van der Waals surface area contributed by atoms with E-state index < -0.39 is 16.2 Å². The van der Waals surface area contributed by atoms with Gasteiger partial charge in [-0.05, 0) is 37.5 Å². The van der Waals surface area contributed by atoms with Crippen LogP contribution in [0.1, 0.15) is 42.6 Å². The van der Waals surface area contributed by atoms with Crippen molar-refractivity contribution in [3.8, 4) is 0 Å². The Morgan fingerprint density at radius 3 is 2.29 bits per heavy atom. The van der Waals surface area contributed by atoms with Crippen LogP contribution in [0, 0.1) is 6.92 Å². The van der Waals surface area contributed by atoms with Gasteiger partial charge in [0.05, 0.1) is 11.3 Å². The molecule has 0 aliphatic carbocycles. The standard InChI is InChI=1S/C14H22N2O4S/c1-4-9-16(10-5-2)21(19,20)15-13-8-6-7-12(11(13)3)14(17)18/h6-8,15H,4-5,9-10H2,1-3H3,(H,17,18). The molecule has 0 saturated carbocycles. The second kappa shape index (κ2) is 7.42. The van der Waals surface area contributed by atoms with Crippen molar-refractivity contribution >= 4 is 21.9 Å². The highest BCUT2D eigenvalue weighted by molar-refractivity contribution is 7.90. The molecule has 1 aromatic rings. The molecule has 0 aliphatic rings. The Hall–Kier alpha value is -1.60. The minimum absolute atomic E-state index is 0.0905. The lowest BCUT2D eigenvalue weighted by atomic mass is 10.1. The third-order valence-electron chi connectivity index (χ3n) is 3.09. The smallest absolute Gasteiger partial charge is 0.336 e. The van der Waals surface area contributed by atoms with E-state index >= 15 is 0 Å². The summed E-state index contributed by atoms with van der Waals surface area (Å²) in [7, 11) is -3.67. The lowest BCUT2D eigenvalue weighted by molar-refractivity contribution is 0.0696. The molecule has 7 heteroatoms. The van der Waals surface area contributed by atoms with Crippen molar-refractivity contribution in [2.45, 2.75) is 33.6 Å². The number of nitrogens with zero attached hydrogens (tertiary/aromatic N) is 1. The number of nitrogens with one attached hydrogen (secondary N) is 1. The van der Waals surface area contributed by atoms with E-state index in [0.29, 0.717) is 24.3 Å². The minimum Gasteiger partial charge on any atom is -0.478 e. The van der Waals surface area contributed by atoms with E-state index in [-0.39, 0.29) is 5.56 Å². The third kappa shape index (κ3) is 4.44. The number of rotatable bonds is 8. The van der Waals surface area contributed by atoms with Gasteiger partial charge in [0.1, 0.15) is 0 Å². The van der Waals surface area contributed by atoms with Crippen molar-refractivity contribution in [1.82, 2.24) is 4.31 Å². The quantitative estimate of drug-likeness (QED) is 0.771. The maximum Gasteiger partial charge on any atom is 0.336 e. The minimum atomic E-state index is -3.67. The zero-order chi connectivity index (χ0) is 16.0. The summed E-state index contributed by atoms with van der Waals surface area (Å²) in [5, 5.41) is 9.08. The van der Waals surface area contributed by atoms with Crippen LogP contribution >= 0.6 is 0 Å². The fourth-order valence-corrected chi connectivity index (χ4v) is 3.51. The second-order valence-corrected chi connectivity index (χ2v) is 6.46. The van der Waals surface area contributed by atoms with Crippen LogP contribution in [0.2, 0.25) is 0 Å². The van der Waals surface area contributed by atoms with Crippen LogP contribution in [0.25, 0.3) is 0 Å². The monoisotopic (exact) mass is 314 g/mol. The summed E-state index contributed by atoms with van der Waals surface area (Å²) in [5.41, 5.74) is 0.793. The average Bonchev–Trinajstić information content (AvgIpc) is 2.40. The molecule has 0 radical (unpaired) electrons. The first kappa shape index (κ1) is 17.5. The molecular weight excluding hydrogens is 292 g/mol. The Labute approximate surface area is 126 Å². The zero-order valence-corrected chi connectivity index (χ0v) is 13.4. The number of carboxylic acid groups (broad SMARTS) is 1. The van der Waals surface area contributed by atoms with E-state index in [0.717, 1.165) is 12.8 Å². The molecule has 0 saturated heterocycles. The molecule has 0 fully saturated rings. The number of carboxylic acids is 1. The first-order chi connectivity index (χ1) is 9.83. The molecule has 0 spiro atoms. The average molecular weight is 314 g/mol. The molecule has 118 valence electrons. The lowest BCUT2D eigenvalue weighted by Gasteiger charge is -2.22. The largest absolute Gasteiger partial charge is 0.478 e. The summed E-state index contributed by atoms with van der Waals surface area (Å²) in [6, 6.07) is 4.54. The van der Waals surface area contributed by atoms with E-state index in [1.807, 2.05) is 13.8 Å². The summed E-state index contributed by atoms with van der Waals surface area (Å²) in [6.45, 7) is 6.27. The van der Waals surface area contributed by atoms with Crippen LogP contribution in [-0.4, -0.2) is 36.9 Å². The summed E-state index contributed by atoms with van der Waals surface area (Å²) in [4.78, 5) is 11.1. The van der Waals surface area contributed by atoms with Crippen LogP contribution in [0.4, 0.5) is 5.69 Å². The van der Waals surface area contributed by atoms with E-state index in [2.05, 4.69) is 4.72 Å². The molecule has 0 heterocycles. The van der Waals surface area contributed by atoms with Gasteiger partial charge in [-0.3, -0.25) is 4.72 Å². The van der Waals surface area contributed by atoms with Crippen molar-refractivity contribution in [3.63, 3.8) is 0 Å². The van der Waals surface area contributed by atoms with Crippen LogP contribution < -0.4 is 4.72 Å². The molecule has 21 heavy (non-hydrogen) atoms. The Balaban J connectivity index is 3.08. The van der Waals surface area contributed by atoms with Crippen LogP contribution in [-0.2, 0) is 10.2 Å².